The summed E-state index contributed by atoms with van der Waals surface area (Å²) < 4.78 is 32.3. The van der Waals surface area contributed by atoms with E-state index in [2.05, 4.69) is 16.9 Å². The predicted octanol–water partition coefficient (Wildman–Crippen LogP) is 7.09. The van der Waals surface area contributed by atoms with Crippen LogP contribution < -0.4 is 4.74 Å². The molecule has 2 aromatic rings. The number of ether oxygens (including phenoxy) is 1. The van der Waals surface area contributed by atoms with E-state index >= 15 is 0 Å². The Labute approximate surface area is 173 Å². The maximum absolute atomic E-state index is 14.2. The molecule has 0 bridgehead atoms. The van der Waals surface area contributed by atoms with E-state index in [0.717, 1.165) is 18.4 Å². The molecule has 1 heterocycles. The number of alkyl halides is 1. The molecule has 0 saturated carbocycles. The van der Waals surface area contributed by atoms with E-state index in [4.69, 9.17) is 4.74 Å². The monoisotopic (exact) mass is 404 g/mol. The Bertz CT molecular complexity index is 705. The molecule has 5 heteroatoms. The minimum atomic E-state index is -0.963. The van der Waals surface area contributed by atoms with Crippen molar-refractivity contribution in [3.63, 3.8) is 0 Å². The topological polar surface area (TPSA) is 35.0 Å². The highest BCUT2D eigenvalue weighted by molar-refractivity contribution is 5.56. The van der Waals surface area contributed by atoms with E-state index in [1.165, 1.54) is 57.9 Å². The third kappa shape index (κ3) is 8.88. The lowest BCUT2D eigenvalue weighted by Crippen LogP contribution is -2.05. The summed E-state index contributed by atoms with van der Waals surface area (Å²) in [6.07, 6.45) is 14.3. The van der Waals surface area contributed by atoms with E-state index in [1.807, 2.05) is 12.4 Å². The molecule has 0 saturated heterocycles. The van der Waals surface area contributed by atoms with Gasteiger partial charge < -0.3 is 4.74 Å². The summed E-state index contributed by atoms with van der Waals surface area (Å²) in [5, 5.41) is 0. The van der Waals surface area contributed by atoms with Crippen LogP contribution in [0.2, 0.25) is 0 Å². The Morgan fingerprint density at radius 2 is 1.62 bits per heavy atom. The molecule has 160 valence electrons. The van der Waals surface area contributed by atoms with Crippen molar-refractivity contribution < 1.29 is 13.5 Å². The van der Waals surface area contributed by atoms with E-state index in [-0.39, 0.29) is 18.8 Å². The van der Waals surface area contributed by atoms with Gasteiger partial charge in [-0.2, -0.15) is 0 Å². The molecule has 1 aromatic carbocycles. The van der Waals surface area contributed by atoms with Crippen LogP contribution in [0.5, 0.6) is 5.75 Å². The minimum absolute atomic E-state index is 0.126. The van der Waals surface area contributed by atoms with Gasteiger partial charge in [-0.3, -0.25) is 0 Å². The van der Waals surface area contributed by atoms with Crippen LogP contribution in [0.25, 0.3) is 11.4 Å². The van der Waals surface area contributed by atoms with Gasteiger partial charge in [0.2, 0.25) is 0 Å². The van der Waals surface area contributed by atoms with Crippen molar-refractivity contribution in [2.24, 2.45) is 0 Å². The lowest BCUT2D eigenvalue weighted by molar-refractivity contribution is 0.240. The zero-order valence-electron chi connectivity index (χ0n) is 17.8. The number of benzene rings is 1. The fourth-order valence-corrected chi connectivity index (χ4v) is 3.18. The van der Waals surface area contributed by atoms with Gasteiger partial charge in [0.25, 0.3) is 0 Å². The standard InChI is InChI=1S/C24H34F2N2O/c1-3-4-5-6-7-8-9-10-11-20-17-27-24(28-18-20)21-12-13-23(22(26)16-21)29-15-14-19(2)25/h12-13,16-19H,3-11,14-15H2,1-2H3. The summed E-state index contributed by atoms with van der Waals surface area (Å²) in [6.45, 7) is 3.85. The Hall–Kier alpha value is -2.04. The van der Waals surface area contributed by atoms with Crippen LogP contribution in [0.4, 0.5) is 8.78 Å². The first-order valence-electron chi connectivity index (χ1n) is 11.0. The maximum Gasteiger partial charge on any atom is 0.165 e. The number of unbranched alkanes of at least 4 members (excludes halogenated alkanes) is 7. The molecule has 0 spiro atoms. The number of aromatic nitrogens is 2. The van der Waals surface area contributed by atoms with Gasteiger partial charge in [0.05, 0.1) is 6.61 Å². The van der Waals surface area contributed by atoms with E-state index < -0.39 is 12.0 Å². The molecule has 2 rings (SSSR count). The number of hydrogen-bond donors (Lipinski definition) is 0. The number of hydrogen-bond acceptors (Lipinski definition) is 3. The summed E-state index contributed by atoms with van der Waals surface area (Å²) in [5.41, 5.74) is 1.72. The molecule has 0 N–H and O–H groups in total. The van der Waals surface area contributed by atoms with Gasteiger partial charge >= 0.3 is 0 Å². The van der Waals surface area contributed by atoms with E-state index in [0.29, 0.717) is 11.4 Å². The van der Waals surface area contributed by atoms with Gasteiger partial charge in [0.15, 0.2) is 17.4 Å². The fourth-order valence-electron chi connectivity index (χ4n) is 3.18. The van der Waals surface area contributed by atoms with Crippen LogP contribution in [0, 0.1) is 5.82 Å². The van der Waals surface area contributed by atoms with Crippen molar-refractivity contribution in [1.82, 2.24) is 9.97 Å². The number of nitrogens with zero attached hydrogens (tertiary/aromatic N) is 2. The highest BCUT2D eigenvalue weighted by Gasteiger charge is 2.09. The number of rotatable bonds is 14. The second-order valence-electron chi connectivity index (χ2n) is 7.70. The first kappa shape index (κ1) is 23.2. The normalized spacial score (nSPS) is 12.1. The molecule has 3 nitrogen and oxygen atoms in total. The maximum atomic E-state index is 14.2. The van der Waals surface area contributed by atoms with Gasteiger partial charge in [-0.25, -0.2) is 18.7 Å². The van der Waals surface area contributed by atoms with E-state index in [9.17, 15) is 8.78 Å². The first-order chi connectivity index (χ1) is 14.1. The van der Waals surface area contributed by atoms with Crippen molar-refractivity contribution in [1.29, 1.82) is 0 Å². The van der Waals surface area contributed by atoms with Crippen molar-refractivity contribution in [2.75, 3.05) is 6.61 Å². The second-order valence-corrected chi connectivity index (χ2v) is 7.70. The summed E-state index contributed by atoms with van der Waals surface area (Å²) in [4.78, 5) is 8.77. The third-order valence-corrected chi connectivity index (χ3v) is 4.99. The Kier molecular flexibility index (Phi) is 10.6. The van der Waals surface area contributed by atoms with Gasteiger partial charge in [-0.15, -0.1) is 0 Å². The minimum Gasteiger partial charge on any atom is -0.490 e. The van der Waals surface area contributed by atoms with Crippen molar-refractivity contribution >= 4 is 0 Å². The summed E-state index contributed by atoms with van der Waals surface area (Å²) in [6, 6.07) is 4.64. The van der Waals surface area contributed by atoms with Crippen LogP contribution in [-0.2, 0) is 6.42 Å². The second kappa shape index (κ2) is 13.2. The van der Waals surface area contributed by atoms with Crippen LogP contribution in [0.3, 0.4) is 0 Å². The summed E-state index contributed by atoms with van der Waals surface area (Å²) in [7, 11) is 0. The van der Waals surface area contributed by atoms with Gasteiger partial charge in [0.1, 0.15) is 6.17 Å². The molecular weight excluding hydrogens is 370 g/mol. The predicted molar refractivity (Wildman–Crippen MR) is 114 cm³/mol. The van der Waals surface area contributed by atoms with Crippen LogP contribution >= 0.6 is 0 Å². The van der Waals surface area contributed by atoms with Crippen molar-refractivity contribution in [3.8, 4) is 17.1 Å². The first-order valence-corrected chi connectivity index (χ1v) is 11.0. The highest BCUT2D eigenvalue weighted by atomic mass is 19.1. The largest absolute Gasteiger partial charge is 0.490 e. The molecular formula is C24H34F2N2O. The zero-order valence-corrected chi connectivity index (χ0v) is 17.8. The zero-order chi connectivity index (χ0) is 20.9. The molecule has 0 aliphatic carbocycles. The van der Waals surface area contributed by atoms with Gasteiger partial charge in [-0.05, 0) is 43.5 Å². The number of aryl methyl sites for hydroxylation is 1. The van der Waals surface area contributed by atoms with E-state index in [1.54, 1.807) is 12.1 Å². The van der Waals surface area contributed by atoms with Crippen LogP contribution in [-0.4, -0.2) is 22.7 Å². The molecule has 29 heavy (non-hydrogen) atoms. The summed E-state index contributed by atoms with van der Waals surface area (Å²) >= 11 is 0. The molecule has 1 unspecified atom stereocenters. The van der Waals surface area contributed by atoms with Gasteiger partial charge in [0, 0.05) is 24.4 Å². The average Bonchev–Trinajstić information content (AvgIpc) is 2.71. The summed E-state index contributed by atoms with van der Waals surface area (Å²) in [5.74, 6) is 0.133. The van der Waals surface area contributed by atoms with Crippen LogP contribution in [0.1, 0.15) is 77.2 Å². The van der Waals surface area contributed by atoms with Gasteiger partial charge in [-0.1, -0.05) is 51.9 Å². The molecule has 0 radical (unpaired) electrons. The third-order valence-electron chi connectivity index (χ3n) is 4.99. The molecule has 1 aromatic heterocycles. The number of halogens is 2. The molecule has 0 amide bonds. The molecule has 0 fully saturated rings. The molecule has 0 aliphatic heterocycles. The Balaban J connectivity index is 1.77. The lowest BCUT2D eigenvalue weighted by atomic mass is 10.1. The molecule has 0 aliphatic rings. The SMILES string of the molecule is CCCCCCCCCCc1cnc(-c2ccc(OCCC(C)F)c(F)c2)nc1. The van der Waals surface area contributed by atoms with Crippen molar-refractivity contribution in [2.45, 2.75) is 84.2 Å². The fraction of sp³-hybridized carbons (Fsp3) is 0.583. The Morgan fingerprint density at radius 3 is 2.24 bits per heavy atom. The highest BCUT2D eigenvalue weighted by Crippen LogP contribution is 2.24. The van der Waals surface area contributed by atoms with Crippen molar-refractivity contribution in [3.05, 3.63) is 42.0 Å². The van der Waals surface area contributed by atoms with Crippen LogP contribution in [0.15, 0.2) is 30.6 Å². The quantitative estimate of drug-likeness (QED) is 0.315. The average molecular weight is 405 g/mol. The molecule has 1 atom stereocenters. The lowest BCUT2D eigenvalue weighted by Gasteiger charge is -2.09. The smallest absolute Gasteiger partial charge is 0.165 e. The Morgan fingerprint density at radius 1 is 0.966 bits per heavy atom.